The van der Waals surface area contributed by atoms with Crippen molar-refractivity contribution in [1.29, 1.82) is 0 Å². The van der Waals surface area contributed by atoms with Crippen molar-refractivity contribution in [2.75, 3.05) is 6.61 Å². The summed E-state index contributed by atoms with van der Waals surface area (Å²) in [5.41, 5.74) is 1.25. The van der Waals surface area contributed by atoms with Crippen LogP contribution in [-0.4, -0.2) is 18.0 Å². The molecule has 0 radical (unpaired) electrons. The zero-order chi connectivity index (χ0) is 12.6. The molecule has 0 saturated carbocycles. The largest absolute Gasteiger partial charge is 0.367 e. The summed E-state index contributed by atoms with van der Waals surface area (Å²) in [5, 5.41) is 0. The number of Topliss-reactive ketones (excluding diaryl/α,β-unsaturated/α-hetero) is 1. The summed E-state index contributed by atoms with van der Waals surface area (Å²) in [6.07, 6.45) is 1.64. The van der Waals surface area contributed by atoms with E-state index in [0.717, 1.165) is 12.8 Å². The number of aryl methyl sites for hydroxylation is 2. The van der Waals surface area contributed by atoms with E-state index in [0.29, 0.717) is 23.3 Å². The Morgan fingerprint density at radius 1 is 1.35 bits per heavy atom. The van der Waals surface area contributed by atoms with Crippen LogP contribution in [0.15, 0.2) is 12.1 Å². The quantitative estimate of drug-likeness (QED) is 0.737. The van der Waals surface area contributed by atoms with Gasteiger partial charge in [0.05, 0.1) is 0 Å². The average Bonchev–Trinajstić information content (AvgIpc) is 2.64. The van der Waals surface area contributed by atoms with Crippen molar-refractivity contribution in [3.05, 3.63) is 34.6 Å². The van der Waals surface area contributed by atoms with Gasteiger partial charge in [0.15, 0.2) is 5.78 Å². The second-order valence-corrected chi connectivity index (χ2v) is 4.93. The van der Waals surface area contributed by atoms with Gasteiger partial charge in [0.1, 0.15) is 11.4 Å². The molecule has 1 aliphatic rings. The van der Waals surface area contributed by atoms with E-state index in [4.69, 9.17) is 4.74 Å². The predicted octanol–water partition coefficient (Wildman–Crippen LogP) is 3.19. The van der Waals surface area contributed by atoms with E-state index in [1.807, 2.05) is 6.92 Å². The van der Waals surface area contributed by atoms with E-state index >= 15 is 0 Å². The molecular formula is C14H17FO2. The highest BCUT2D eigenvalue weighted by atomic mass is 19.1. The molecule has 92 valence electrons. The lowest BCUT2D eigenvalue weighted by molar-refractivity contribution is 0.0212. The molecule has 1 aliphatic heterocycles. The Morgan fingerprint density at radius 2 is 1.94 bits per heavy atom. The van der Waals surface area contributed by atoms with Gasteiger partial charge in [0.25, 0.3) is 0 Å². The lowest BCUT2D eigenvalue weighted by atomic mass is 9.87. The van der Waals surface area contributed by atoms with Gasteiger partial charge in [0.2, 0.25) is 0 Å². The highest BCUT2D eigenvalue weighted by Gasteiger charge is 2.39. The number of rotatable bonds is 2. The second kappa shape index (κ2) is 4.22. The van der Waals surface area contributed by atoms with Crippen LogP contribution in [0.3, 0.4) is 0 Å². The fourth-order valence-electron chi connectivity index (χ4n) is 2.49. The summed E-state index contributed by atoms with van der Waals surface area (Å²) in [4.78, 5) is 12.5. The molecule has 1 unspecified atom stereocenters. The van der Waals surface area contributed by atoms with Crippen molar-refractivity contribution in [1.82, 2.24) is 0 Å². The van der Waals surface area contributed by atoms with Crippen molar-refractivity contribution >= 4 is 5.78 Å². The topological polar surface area (TPSA) is 26.3 Å². The van der Waals surface area contributed by atoms with Gasteiger partial charge in [0, 0.05) is 12.2 Å². The van der Waals surface area contributed by atoms with Gasteiger partial charge in [-0.3, -0.25) is 4.79 Å². The number of ketones is 1. The fourth-order valence-corrected chi connectivity index (χ4v) is 2.49. The van der Waals surface area contributed by atoms with Gasteiger partial charge in [-0.05, 0) is 56.9 Å². The van der Waals surface area contributed by atoms with Crippen LogP contribution in [0.2, 0.25) is 0 Å². The molecule has 17 heavy (non-hydrogen) atoms. The molecule has 1 saturated heterocycles. The molecule has 1 aromatic rings. The van der Waals surface area contributed by atoms with Crippen LogP contribution < -0.4 is 0 Å². The van der Waals surface area contributed by atoms with E-state index in [2.05, 4.69) is 0 Å². The second-order valence-electron chi connectivity index (χ2n) is 4.93. The van der Waals surface area contributed by atoms with Crippen LogP contribution in [0.5, 0.6) is 0 Å². The third kappa shape index (κ3) is 2.12. The number of benzene rings is 1. The summed E-state index contributed by atoms with van der Waals surface area (Å²) in [6.45, 7) is 5.98. The molecule has 1 fully saturated rings. The maximum absolute atomic E-state index is 13.2. The molecule has 1 heterocycles. The van der Waals surface area contributed by atoms with Gasteiger partial charge in [-0.25, -0.2) is 4.39 Å². The van der Waals surface area contributed by atoms with Crippen molar-refractivity contribution < 1.29 is 13.9 Å². The maximum Gasteiger partial charge on any atom is 0.194 e. The normalized spacial score (nSPS) is 24.0. The van der Waals surface area contributed by atoms with Crippen molar-refractivity contribution in [3.63, 3.8) is 0 Å². The summed E-state index contributed by atoms with van der Waals surface area (Å²) < 4.78 is 18.8. The minimum absolute atomic E-state index is 0.0231. The smallest absolute Gasteiger partial charge is 0.194 e. The Kier molecular flexibility index (Phi) is 3.04. The summed E-state index contributed by atoms with van der Waals surface area (Å²) in [6, 6.07) is 2.80. The van der Waals surface area contributed by atoms with Crippen LogP contribution in [0.1, 0.15) is 41.3 Å². The van der Waals surface area contributed by atoms with Crippen LogP contribution >= 0.6 is 0 Å². The first kappa shape index (κ1) is 12.2. The first-order valence-electron chi connectivity index (χ1n) is 5.89. The molecule has 0 N–H and O–H groups in total. The molecule has 3 heteroatoms. The van der Waals surface area contributed by atoms with Gasteiger partial charge in [-0.15, -0.1) is 0 Å². The number of hydrogen-bond acceptors (Lipinski definition) is 2. The molecule has 0 bridgehead atoms. The number of carbonyl (C=O) groups is 1. The van der Waals surface area contributed by atoms with Crippen LogP contribution in [0.4, 0.5) is 4.39 Å². The minimum atomic E-state index is -0.729. The van der Waals surface area contributed by atoms with Gasteiger partial charge in [-0.1, -0.05) is 0 Å². The molecule has 0 spiro atoms. The average molecular weight is 236 g/mol. The number of hydrogen-bond donors (Lipinski definition) is 0. The Labute approximate surface area is 101 Å². The molecule has 2 nitrogen and oxygen atoms in total. The van der Waals surface area contributed by atoms with Gasteiger partial charge >= 0.3 is 0 Å². The van der Waals surface area contributed by atoms with Gasteiger partial charge in [-0.2, -0.15) is 0 Å². The summed E-state index contributed by atoms with van der Waals surface area (Å²) in [7, 11) is 0. The first-order valence-corrected chi connectivity index (χ1v) is 5.89. The van der Waals surface area contributed by atoms with Crippen LogP contribution in [-0.2, 0) is 4.74 Å². The van der Waals surface area contributed by atoms with E-state index in [9.17, 15) is 9.18 Å². The summed E-state index contributed by atoms with van der Waals surface area (Å²) in [5.74, 6) is -0.320. The molecular weight excluding hydrogens is 219 g/mol. The maximum atomic E-state index is 13.2. The molecule has 1 aromatic carbocycles. The molecule has 0 amide bonds. The lowest BCUT2D eigenvalue weighted by Crippen LogP contribution is -2.35. The SMILES string of the molecule is Cc1cc(F)cc(C)c1C(=O)C1(C)CCCO1. The van der Waals surface area contributed by atoms with E-state index in [1.54, 1.807) is 13.8 Å². The minimum Gasteiger partial charge on any atom is -0.367 e. The zero-order valence-electron chi connectivity index (χ0n) is 10.5. The van der Waals surface area contributed by atoms with Crippen molar-refractivity contribution in [2.24, 2.45) is 0 Å². The standard InChI is InChI=1S/C14H17FO2/c1-9-7-11(15)8-10(2)12(9)13(16)14(3)5-4-6-17-14/h7-8H,4-6H2,1-3H3. The van der Waals surface area contributed by atoms with E-state index < -0.39 is 5.60 Å². The van der Waals surface area contributed by atoms with E-state index in [1.165, 1.54) is 12.1 Å². The van der Waals surface area contributed by atoms with Crippen LogP contribution in [0.25, 0.3) is 0 Å². The highest BCUT2D eigenvalue weighted by molar-refractivity contribution is 6.04. The van der Waals surface area contributed by atoms with Gasteiger partial charge < -0.3 is 4.74 Å². The number of carbonyl (C=O) groups excluding carboxylic acids is 1. The van der Waals surface area contributed by atoms with Crippen LogP contribution in [0, 0.1) is 19.7 Å². The fraction of sp³-hybridized carbons (Fsp3) is 0.500. The highest BCUT2D eigenvalue weighted by Crippen LogP contribution is 2.31. The Morgan fingerprint density at radius 3 is 2.41 bits per heavy atom. The van der Waals surface area contributed by atoms with E-state index in [-0.39, 0.29) is 11.6 Å². The molecule has 2 rings (SSSR count). The predicted molar refractivity (Wildman–Crippen MR) is 63.8 cm³/mol. The Bertz CT molecular complexity index is 436. The molecule has 0 aromatic heterocycles. The molecule has 1 atom stereocenters. The number of ether oxygens (including phenoxy) is 1. The number of halogens is 1. The monoisotopic (exact) mass is 236 g/mol. The Hall–Kier alpha value is -1.22. The first-order chi connectivity index (χ1) is 7.94. The van der Waals surface area contributed by atoms with Crippen molar-refractivity contribution in [2.45, 2.75) is 39.2 Å². The van der Waals surface area contributed by atoms with Crippen molar-refractivity contribution in [3.8, 4) is 0 Å². The Balaban J connectivity index is 2.44. The third-order valence-electron chi connectivity index (χ3n) is 3.42. The zero-order valence-corrected chi connectivity index (χ0v) is 10.5. The molecule has 0 aliphatic carbocycles. The lowest BCUT2D eigenvalue weighted by Gasteiger charge is -2.23. The third-order valence-corrected chi connectivity index (χ3v) is 3.42. The summed E-state index contributed by atoms with van der Waals surface area (Å²) >= 11 is 0.